The highest BCUT2D eigenvalue weighted by molar-refractivity contribution is 5.95. The van der Waals surface area contributed by atoms with Gasteiger partial charge < -0.3 is 14.4 Å². The quantitative estimate of drug-likeness (QED) is 0.888. The summed E-state index contributed by atoms with van der Waals surface area (Å²) < 4.78 is 5.04. The van der Waals surface area contributed by atoms with Gasteiger partial charge in [0.2, 0.25) is 0 Å². The molecular formula is C13H18N2O4. The first-order valence-electron chi connectivity index (χ1n) is 6.38. The fraction of sp³-hybridized carbons (Fsp3) is 0.538. The molecule has 0 saturated carbocycles. The fourth-order valence-corrected chi connectivity index (χ4v) is 2.37. The number of carbonyl (C=O) groups is 2. The van der Waals surface area contributed by atoms with Crippen LogP contribution in [0.15, 0.2) is 16.7 Å². The van der Waals surface area contributed by atoms with Gasteiger partial charge in [-0.2, -0.15) is 0 Å². The van der Waals surface area contributed by atoms with Crippen molar-refractivity contribution in [1.29, 1.82) is 0 Å². The first-order chi connectivity index (χ1) is 9.02. The second kappa shape index (κ2) is 5.44. The van der Waals surface area contributed by atoms with Gasteiger partial charge in [-0.1, -0.05) is 6.92 Å². The summed E-state index contributed by atoms with van der Waals surface area (Å²) in [4.78, 5) is 27.0. The molecule has 2 heterocycles. The highest BCUT2D eigenvalue weighted by atomic mass is 16.4. The highest BCUT2D eigenvalue weighted by Gasteiger charge is 2.28. The van der Waals surface area contributed by atoms with Gasteiger partial charge in [0.1, 0.15) is 6.26 Å². The number of aromatic carboxylic acids is 1. The van der Waals surface area contributed by atoms with Gasteiger partial charge in [0.05, 0.1) is 5.56 Å². The van der Waals surface area contributed by atoms with E-state index in [1.54, 1.807) is 4.90 Å². The zero-order chi connectivity index (χ0) is 14.0. The summed E-state index contributed by atoms with van der Waals surface area (Å²) in [5, 5.41) is 8.81. The maximum absolute atomic E-state index is 12.2. The van der Waals surface area contributed by atoms with E-state index in [1.165, 1.54) is 6.07 Å². The molecule has 6 nitrogen and oxygen atoms in total. The Morgan fingerprint density at radius 3 is 2.74 bits per heavy atom. The first-order valence-corrected chi connectivity index (χ1v) is 6.38. The van der Waals surface area contributed by atoms with E-state index in [0.717, 1.165) is 19.4 Å². The molecule has 0 radical (unpaired) electrons. The van der Waals surface area contributed by atoms with Gasteiger partial charge in [-0.15, -0.1) is 0 Å². The number of likely N-dealkylation sites (N-methyl/N-ethyl adjacent to an activating group) is 1. The van der Waals surface area contributed by atoms with Crippen molar-refractivity contribution >= 4 is 11.9 Å². The lowest BCUT2D eigenvalue weighted by molar-refractivity contribution is 0.0500. The van der Waals surface area contributed by atoms with E-state index in [2.05, 4.69) is 18.7 Å². The summed E-state index contributed by atoms with van der Waals surface area (Å²) in [5.74, 6) is -1.24. The average Bonchev–Trinajstić information content (AvgIpc) is 2.87. The lowest BCUT2D eigenvalue weighted by Gasteiger charge is -2.38. The van der Waals surface area contributed by atoms with Crippen molar-refractivity contribution in [2.75, 3.05) is 26.2 Å². The molecule has 0 bridgehead atoms. The molecule has 19 heavy (non-hydrogen) atoms. The number of amides is 1. The van der Waals surface area contributed by atoms with Crippen LogP contribution in [0.25, 0.3) is 0 Å². The lowest BCUT2D eigenvalue weighted by Crippen LogP contribution is -2.53. The average molecular weight is 266 g/mol. The van der Waals surface area contributed by atoms with Gasteiger partial charge in [0, 0.05) is 31.7 Å². The van der Waals surface area contributed by atoms with Gasteiger partial charge in [0.15, 0.2) is 5.76 Å². The second-order valence-corrected chi connectivity index (χ2v) is 4.73. The van der Waals surface area contributed by atoms with E-state index >= 15 is 0 Å². The van der Waals surface area contributed by atoms with Crippen LogP contribution in [-0.4, -0.2) is 59.0 Å². The van der Waals surface area contributed by atoms with Crippen LogP contribution < -0.4 is 0 Å². The molecule has 104 valence electrons. The smallest absolute Gasteiger partial charge is 0.338 e. The summed E-state index contributed by atoms with van der Waals surface area (Å²) in [6.07, 6.45) is 1.10. The van der Waals surface area contributed by atoms with Crippen LogP contribution in [0.1, 0.15) is 34.8 Å². The predicted octanol–water partition coefficient (Wildman–Crippen LogP) is 1.14. The topological polar surface area (TPSA) is 74.0 Å². The highest BCUT2D eigenvalue weighted by Crippen LogP contribution is 2.15. The van der Waals surface area contributed by atoms with Gasteiger partial charge in [-0.25, -0.2) is 4.79 Å². The fourth-order valence-electron chi connectivity index (χ4n) is 2.37. The molecule has 1 fully saturated rings. The Morgan fingerprint density at radius 1 is 1.47 bits per heavy atom. The largest absolute Gasteiger partial charge is 0.478 e. The van der Waals surface area contributed by atoms with Crippen molar-refractivity contribution in [2.24, 2.45) is 0 Å². The number of carboxylic acid groups (broad SMARTS) is 1. The normalized spacial score (nSPS) is 20.5. The maximum atomic E-state index is 12.2. The van der Waals surface area contributed by atoms with Crippen molar-refractivity contribution in [1.82, 2.24) is 9.80 Å². The lowest BCUT2D eigenvalue weighted by atomic mass is 10.2. The van der Waals surface area contributed by atoms with Crippen LogP contribution in [0.5, 0.6) is 0 Å². The summed E-state index contributed by atoms with van der Waals surface area (Å²) in [6.45, 7) is 7.24. The van der Waals surface area contributed by atoms with Gasteiger partial charge >= 0.3 is 5.97 Å². The molecule has 0 spiro atoms. The molecule has 1 aromatic rings. The van der Waals surface area contributed by atoms with Crippen molar-refractivity contribution in [2.45, 2.75) is 19.9 Å². The molecule has 1 unspecified atom stereocenters. The predicted molar refractivity (Wildman–Crippen MR) is 68.3 cm³/mol. The molecule has 1 amide bonds. The summed E-state index contributed by atoms with van der Waals surface area (Å²) in [6, 6.07) is 1.58. The minimum Gasteiger partial charge on any atom is -0.478 e. The van der Waals surface area contributed by atoms with E-state index in [-0.39, 0.29) is 17.2 Å². The van der Waals surface area contributed by atoms with Gasteiger partial charge in [-0.05, 0) is 13.5 Å². The molecule has 6 heteroatoms. The number of carboxylic acids is 1. The molecule has 1 aliphatic heterocycles. The number of hydrogen-bond acceptors (Lipinski definition) is 4. The first kappa shape index (κ1) is 13.6. The number of rotatable bonds is 3. The van der Waals surface area contributed by atoms with Crippen molar-refractivity contribution in [3.8, 4) is 0 Å². The summed E-state index contributed by atoms with van der Waals surface area (Å²) in [5.41, 5.74) is 0.00333. The van der Waals surface area contributed by atoms with Crippen molar-refractivity contribution in [3.63, 3.8) is 0 Å². The van der Waals surface area contributed by atoms with E-state index in [1.807, 2.05) is 0 Å². The number of piperazine rings is 1. The maximum Gasteiger partial charge on any atom is 0.338 e. The Bertz CT molecular complexity index is 483. The number of furan rings is 1. The van der Waals surface area contributed by atoms with Gasteiger partial charge in [0.25, 0.3) is 5.91 Å². The van der Waals surface area contributed by atoms with E-state index in [0.29, 0.717) is 19.1 Å². The van der Waals surface area contributed by atoms with Crippen molar-refractivity contribution < 1.29 is 19.1 Å². The van der Waals surface area contributed by atoms with Crippen LogP contribution in [0.2, 0.25) is 0 Å². The molecular weight excluding hydrogens is 248 g/mol. The molecule has 0 aromatic carbocycles. The summed E-state index contributed by atoms with van der Waals surface area (Å²) in [7, 11) is 0. The molecule has 1 aromatic heterocycles. The Morgan fingerprint density at radius 2 is 2.21 bits per heavy atom. The second-order valence-electron chi connectivity index (χ2n) is 4.73. The minimum absolute atomic E-state index is 0.00333. The molecule has 2 rings (SSSR count). The molecule has 1 aliphatic rings. The monoisotopic (exact) mass is 266 g/mol. The van der Waals surface area contributed by atoms with Crippen LogP contribution in [-0.2, 0) is 0 Å². The molecule has 0 aliphatic carbocycles. The minimum atomic E-state index is -1.09. The molecule has 1 atom stereocenters. The van der Waals surface area contributed by atoms with Crippen LogP contribution in [0.4, 0.5) is 0 Å². The zero-order valence-corrected chi connectivity index (χ0v) is 11.1. The Hall–Kier alpha value is -1.82. The third kappa shape index (κ3) is 2.78. The zero-order valence-electron chi connectivity index (χ0n) is 11.1. The SMILES string of the molecule is CCN1CCN(C(=O)c2cc(C(=O)O)co2)CC1C. The van der Waals surface area contributed by atoms with Crippen molar-refractivity contribution in [3.05, 3.63) is 23.7 Å². The van der Waals surface area contributed by atoms with E-state index < -0.39 is 5.97 Å². The third-order valence-electron chi connectivity index (χ3n) is 3.52. The Balaban J connectivity index is 2.05. The van der Waals surface area contributed by atoms with Crippen LogP contribution >= 0.6 is 0 Å². The molecule has 1 N–H and O–H groups in total. The third-order valence-corrected chi connectivity index (χ3v) is 3.52. The van der Waals surface area contributed by atoms with Crippen LogP contribution in [0, 0.1) is 0 Å². The number of hydrogen-bond donors (Lipinski definition) is 1. The Labute approximate surface area is 111 Å². The van der Waals surface area contributed by atoms with Gasteiger partial charge in [-0.3, -0.25) is 9.69 Å². The molecule has 1 saturated heterocycles. The van der Waals surface area contributed by atoms with E-state index in [4.69, 9.17) is 9.52 Å². The van der Waals surface area contributed by atoms with Crippen LogP contribution in [0.3, 0.4) is 0 Å². The summed E-state index contributed by atoms with van der Waals surface area (Å²) >= 11 is 0. The Kier molecular flexibility index (Phi) is 3.90. The number of carbonyl (C=O) groups excluding carboxylic acids is 1. The van der Waals surface area contributed by atoms with E-state index in [9.17, 15) is 9.59 Å². The standard InChI is InChI=1S/C13H18N2O4/c1-3-14-4-5-15(7-9(14)2)12(16)11-6-10(8-19-11)13(17)18/h6,8-9H,3-5,7H2,1-2H3,(H,17,18). The number of nitrogens with zero attached hydrogens (tertiary/aromatic N) is 2.